The normalized spacial score (nSPS) is 14.1. The van der Waals surface area contributed by atoms with Crippen molar-refractivity contribution in [2.45, 2.75) is 9.79 Å². The molecule has 4 amide bonds. The molecule has 0 fully saturated rings. The van der Waals surface area contributed by atoms with Gasteiger partial charge in [-0.2, -0.15) is 0 Å². The Labute approximate surface area is 252 Å². The Morgan fingerprint density at radius 2 is 0.891 bits per heavy atom. The van der Waals surface area contributed by atoms with Gasteiger partial charge in [0.2, 0.25) is 20.0 Å². The number of hydrogen-bond acceptors (Lipinski definition) is 12. The van der Waals surface area contributed by atoms with Gasteiger partial charge in [-0.3, -0.25) is 39.4 Å². The van der Waals surface area contributed by atoms with E-state index < -0.39 is 74.7 Å². The van der Waals surface area contributed by atoms with Gasteiger partial charge >= 0.3 is 23.6 Å². The van der Waals surface area contributed by atoms with Crippen LogP contribution in [0.5, 0.6) is 0 Å². The van der Waals surface area contributed by atoms with Crippen molar-refractivity contribution in [2.24, 2.45) is 30.2 Å². The fourth-order valence-corrected chi connectivity index (χ4v) is 6.12. The second-order valence-electron chi connectivity index (χ2n) is 9.16. The smallest absolute Gasteiger partial charge is 0.261 e. The number of benzene rings is 4. The van der Waals surface area contributed by atoms with Gasteiger partial charge in [0.1, 0.15) is 21.4 Å². The molecule has 4 N–H and O–H groups in total. The Bertz CT molecular complexity index is 2490. The first-order valence-electron chi connectivity index (χ1n) is 12.0. The third kappa shape index (κ3) is 5.38. The van der Waals surface area contributed by atoms with Crippen molar-refractivity contribution in [1.82, 2.24) is 0 Å². The van der Waals surface area contributed by atoms with Crippen LogP contribution in [0.25, 0.3) is 21.5 Å². The SMILES string of the molecule is NS(=O)(=O)c1cccc2c3c(cc([N+](=O)[O-])c12)=NC(=O)C(=O)N=3.NS(=O)(=O)c1cccc2c3c(cc([N+](=O)[O-])c12)=NC(=O)C(=O)N=3. The fourth-order valence-electron chi connectivity index (χ4n) is 4.58. The van der Waals surface area contributed by atoms with Crippen LogP contribution in [0.15, 0.2) is 78.3 Å². The highest BCUT2D eigenvalue weighted by Crippen LogP contribution is 2.29. The van der Waals surface area contributed by atoms with Gasteiger partial charge in [0, 0.05) is 22.9 Å². The highest BCUT2D eigenvalue weighted by Gasteiger charge is 2.27. The molecule has 46 heavy (non-hydrogen) atoms. The minimum Gasteiger partial charge on any atom is -0.261 e. The molecular formula is C24H12N8O12S2. The summed E-state index contributed by atoms with van der Waals surface area (Å²) in [4.78, 5) is 79.3. The number of carbonyl (C=O) groups excluding carboxylic acids is 4. The zero-order chi connectivity index (χ0) is 33.9. The van der Waals surface area contributed by atoms with Gasteiger partial charge in [0.25, 0.3) is 11.4 Å². The maximum atomic E-state index is 11.7. The number of non-ortho nitro benzene ring substituents is 2. The van der Waals surface area contributed by atoms with Crippen LogP contribution in [0, 0.1) is 20.2 Å². The first-order chi connectivity index (χ1) is 21.4. The molecule has 2 heterocycles. The number of nitro groups is 2. The van der Waals surface area contributed by atoms with E-state index >= 15 is 0 Å². The Hall–Kier alpha value is -6.10. The van der Waals surface area contributed by atoms with Crippen LogP contribution >= 0.6 is 0 Å². The highest BCUT2D eigenvalue weighted by molar-refractivity contribution is 7.89. The second-order valence-corrected chi connectivity index (χ2v) is 12.2. The Balaban J connectivity index is 0.000000181. The van der Waals surface area contributed by atoms with Crippen molar-refractivity contribution < 1.29 is 45.9 Å². The average molecular weight is 669 g/mol. The number of sulfonamides is 2. The molecule has 0 aliphatic carbocycles. The predicted molar refractivity (Wildman–Crippen MR) is 149 cm³/mol. The molecule has 4 aromatic rings. The zero-order valence-electron chi connectivity index (χ0n) is 22.2. The Kier molecular flexibility index (Phi) is 7.36. The number of nitrogens with zero attached hydrogens (tertiary/aromatic N) is 6. The number of primary sulfonamides is 2. The summed E-state index contributed by atoms with van der Waals surface area (Å²) in [5, 5.41) is 31.5. The van der Waals surface area contributed by atoms with E-state index in [1.54, 1.807) is 0 Å². The Morgan fingerprint density at radius 1 is 0.565 bits per heavy atom. The van der Waals surface area contributed by atoms with Gasteiger partial charge in [0.15, 0.2) is 0 Å². The van der Waals surface area contributed by atoms with Crippen molar-refractivity contribution in [3.8, 4) is 0 Å². The summed E-state index contributed by atoms with van der Waals surface area (Å²) in [5.74, 6) is -4.61. The number of carbonyl (C=O) groups is 4. The van der Waals surface area contributed by atoms with Crippen LogP contribution in [0.1, 0.15) is 0 Å². The third-order valence-corrected chi connectivity index (χ3v) is 8.26. The molecule has 0 atom stereocenters. The van der Waals surface area contributed by atoms with Crippen LogP contribution < -0.4 is 31.7 Å². The van der Waals surface area contributed by atoms with Crippen LogP contribution in [0.4, 0.5) is 11.4 Å². The minimum absolute atomic E-state index is 0.00896. The molecule has 22 heteroatoms. The fraction of sp³-hybridized carbons (Fsp3) is 0. The number of nitrogens with two attached hydrogens (primary N) is 2. The van der Waals surface area contributed by atoms with Crippen LogP contribution in [0.2, 0.25) is 0 Å². The number of rotatable bonds is 4. The highest BCUT2D eigenvalue weighted by atomic mass is 32.2. The quantitative estimate of drug-likeness (QED) is 0.128. The summed E-state index contributed by atoms with van der Waals surface area (Å²) < 4.78 is 46.7. The minimum atomic E-state index is -4.26. The van der Waals surface area contributed by atoms with Crippen LogP contribution in [-0.2, 0) is 39.2 Å². The van der Waals surface area contributed by atoms with E-state index in [9.17, 15) is 56.2 Å². The maximum absolute atomic E-state index is 11.7. The lowest BCUT2D eigenvalue weighted by molar-refractivity contribution is -0.383. The summed E-state index contributed by atoms with van der Waals surface area (Å²) in [5.41, 5.74) is -1.21. The van der Waals surface area contributed by atoms with E-state index in [0.717, 1.165) is 24.3 Å². The molecule has 0 saturated heterocycles. The summed E-state index contributed by atoms with van der Waals surface area (Å²) in [7, 11) is -8.53. The number of hydrogen-bond donors (Lipinski definition) is 2. The van der Waals surface area contributed by atoms with Crippen molar-refractivity contribution in [3.63, 3.8) is 0 Å². The van der Waals surface area contributed by atoms with E-state index in [0.29, 0.717) is 0 Å². The first kappa shape index (κ1) is 31.3. The van der Waals surface area contributed by atoms with Gasteiger partial charge < -0.3 is 0 Å². The van der Waals surface area contributed by atoms with Gasteiger partial charge in [-0.1, -0.05) is 24.3 Å². The summed E-state index contributed by atoms with van der Waals surface area (Å²) in [6, 6.07) is 9.23. The van der Waals surface area contributed by atoms with E-state index in [-0.39, 0.29) is 43.0 Å². The monoisotopic (exact) mass is 668 g/mol. The molecular weight excluding hydrogens is 656 g/mol. The number of amides is 4. The molecule has 0 aromatic heterocycles. The lowest BCUT2D eigenvalue weighted by Crippen LogP contribution is -2.35. The van der Waals surface area contributed by atoms with E-state index in [2.05, 4.69) is 20.0 Å². The number of fused-ring (bicyclic) bond motifs is 6. The summed E-state index contributed by atoms with van der Waals surface area (Å²) in [6.07, 6.45) is 0. The molecule has 232 valence electrons. The van der Waals surface area contributed by atoms with Gasteiger partial charge in [-0.25, -0.2) is 47.1 Å². The third-order valence-electron chi connectivity index (χ3n) is 6.35. The molecule has 0 bridgehead atoms. The molecule has 6 rings (SSSR count). The van der Waals surface area contributed by atoms with E-state index in [1.807, 2.05) is 0 Å². The lowest BCUT2D eigenvalue weighted by atomic mass is 10.1. The molecule has 0 spiro atoms. The van der Waals surface area contributed by atoms with Crippen LogP contribution in [-0.4, -0.2) is 50.3 Å². The molecule has 4 aromatic carbocycles. The summed E-state index contributed by atoms with van der Waals surface area (Å²) in [6.45, 7) is 0. The van der Waals surface area contributed by atoms with Crippen molar-refractivity contribution in [1.29, 1.82) is 0 Å². The zero-order valence-corrected chi connectivity index (χ0v) is 23.8. The summed E-state index contributed by atoms with van der Waals surface area (Å²) >= 11 is 0. The molecule has 0 unspecified atom stereocenters. The predicted octanol–water partition coefficient (Wildman–Crippen LogP) is -2.60. The maximum Gasteiger partial charge on any atom is 0.338 e. The molecule has 2 aliphatic heterocycles. The van der Waals surface area contributed by atoms with E-state index in [1.165, 1.54) is 24.3 Å². The topological polar surface area (TPSA) is 324 Å². The molecule has 0 radical (unpaired) electrons. The van der Waals surface area contributed by atoms with Gasteiger partial charge in [-0.15, -0.1) is 0 Å². The first-order valence-corrected chi connectivity index (χ1v) is 15.1. The molecule has 2 aliphatic rings. The average Bonchev–Trinajstić information content (AvgIpc) is 2.96. The Morgan fingerprint density at radius 3 is 1.20 bits per heavy atom. The van der Waals surface area contributed by atoms with E-state index in [4.69, 9.17) is 10.3 Å². The van der Waals surface area contributed by atoms with Gasteiger partial charge in [-0.05, 0) is 12.1 Å². The van der Waals surface area contributed by atoms with Crippen molar-refractivity contribution in [2.75, 3.05) is 0 Å². The van der Waals surface area contributed by atoms with Crippen LogP contribution in [0.3, 0.4) is 0 Å². The number of nitro benzene ring substituents is 2. The lowest BCUT2D eigenvalue weighted by Gasteiger charge is -2.07. The standard InChI is InChI=1S/2C12H6N4O6S/c2*13-23(21,22)8-3-1-2-5-9(8)7(16(19)20)4-6-10(5)15-12(18)11(17)14-6/h2*1-4H,(H2,13,21,22). The van der Waals surface area contributed by atoms with Gasteiger partial charge in [0.05, 0.1) is 30.4 Å². The second kappa shape index (κ2) is 10.8. The molecule has 20 nitrogen and oxygen atoms in total. The molecule has 0 saturated carbocycles. The van der Waals surface area contributed by atoms with Crippen molar-refractivity contribution in [3.05, 3.63) is 90.2 Å². The largest absolute Gasteiger partial charge is 0.338 e. The van der Waals surface area contributed by atoms with Crippen molar-refractivity contribution >= 4 is 76.6 Å².